The first kappa shape index (κ1) is 18.4. The van der Waals surface area contributed by atoms with Crippen LogP contribution >= 0.6 is 0 Å². The van der Waals surface area contributed by atoms with Gasteiger partial charge in [0.05, 0.1) is 23.7 Å². The van der Waals surface area contributed by atoms with E-state index in [9.17, 15) is 27.6 Å². The lowest BCUT2D eigenvalue weighted by Crippen LogP contribution is -2.47. The van der Waals surface area contributed by atoms with Crippen molar-refractivity contribution in [2.24, 2.45) is 11.7 Å². The summed E-state index contributed by atoms with van der Waals surface area (Å²) in [6, 6.07) is 3.29. The molecule has 2 saturated heterocycles. The summed E-state index contributed by atoms with van der Waals surface area (Å²) in [4.78, 5) is 38.9. The molecular weight excluding hydrogens is 351 g/mol. The molecule has 9 heteroatoms. The summed E-state index contributed by atoms with van der Waals surface area (Å²) >= 11 is 0. The van der Waals surface area contributed by atoms with E-state index in [4.69, 9.17) is 5.73 Å². The lowest BCUT2D eigenvalue weighted by atomic mass is 9.95. The number of benzene rings is 1. The van der Waals surface area contributed by atoms with E-state index >= 15 is 0 Å². The summed E-state index contributed by atoms with van der Waals surface area (Å²) in [6.07, 6.45) is -3.47. The Kier molecular flexibility index (Phi) is 4.74. The number of hydrogen-bond donors (Lipinski definition) is 1. The van der Waals surface area contributed by atoms with E-state index in [2.05, 4.69) is 0 Å². The third-order valence-corrected chi connectivity index (χ3v) is 4.95. The molecule has 1 aromatic carbocycles. The average Bonchev–Trinajstić information content (AvgIpc) is 2.89. The molecule has 1 unspecified atom stereocenters. The van der Waals surface area contributed by atoms with Crippen LogP contribution in [0.25, 0.3) is 0 Å². The molecule has 0 saturated carbocycles. The molecule has 140 valence electrons. The van der Waals surface area contributed by atoms with Crippen LogP contribution in [0.2, 0.25) is 0 Å². The first-order valence-electron chi connectivity index (χ1n) is 8.26. The summed E-state index contributed by atoms with van der Waals surface area (Å²) in [5.74, 6) is -1.50. The third kappa shape index (κ3) is 3.44. The van der Waals surface area contributed by atoms with Crippen LogP contribution in [0.1, 0.15) is 24.8 Å². The van der Waals surface area contributed by atoms with Crippen LogP contribution in [-0.4, -0.2) is 41.8 Å². The van der Waals surface area contributed by atoms with Crippen molar-refractivity contribution in [1.29, 1.82) is 0 Å². The van der Waals surface area contributed by atoms with Gasteiger partial charge in [0.1, 0.15) is 0 Å². The molecule has 3 rings (SSSR count). The first-order chi connectivity index (χ1) is 12.2. The zero-order chi connectivity index (χ0) is 19.1. The first-order valence-corrected chi connectivity index (χ1v) is 8.26. The molecule has 2 aliphatic heterocycles. The maximum atomic E-state index is 12.7. The summed E-state index contributed by atoms with van der Waals surface area (Å²) in [6.45, 7) is 0.941. The maximum absolute atomic E-state index is 12.7. The molecule has 0 spiro atoms. The van der Waals surface area contributed by atoms with Gasteiger partial charge in [-0.25, -0.2) is 4.90 Å². The number of nitrogens with zero attached hydrogens (tertiary/aromatic N) is 2. The fraction of sp³-hybridized carbons (Fsp3) is 0.471. The Morgan fingerprint density at radius 1 is 1.08 bits per heavy atom. The van der Waals surface area contributed by atoms with Gasteiger partial charge >= 0.3 is 6.18 Å². The Bertz CT molecular complexity index is 725. The predicted octanol–water partition coefficient (Wildman–Crippen LogP) is 1.53. The number of amides is 3. The van der Waals surface area contributed by atoms with E-state index in [0.29, 0.717) is 25.9 Å². The zero-order valence-electron chi connectivity index (χ0n) is 13.8. The van der Waals surface area contributed by atoms with E-state index in [1.54, 1.807) is 0 Å². The third-order valence-electron chi connectivity index (χ3n) is 4.95. The highest BCUT2D eigenvalue weighted by molar-refractivity contribution is 6.22. The van der Waals surface area contributed by atoms with Crippen LogP contribution in [0.3, 0.4) is 0 Å². The van der Waals surface area contributed by atoms with E-state index in [1.807, 2.05) is 4.90 Å². The van der Waals surface area contributed by atoms with E-state index < -0.39 is 29.6 Å². The predicted molar refractivity (Wildman–Crippen MR) is 85.8 cm³/mol. The highest BCUT2D eigenvalue weighted by Gasteiger charge is 2.44. The van der Waals surface area contributed by atoms with Crippen LogP contribution < -0.4 is 10.6 Å². The van der Waals surface area contributed by atoms with Gasteiger partial charge in [-0.1, -0.05) is 0 Å². The van der Waals surface area contributed by atoms with Crippen molar-refractivity contribution in [3.8, 4) is 0 Å². The Balaban J connectivity index is 1.72. The second-order valence-corrected chi connectivity index (χ2v) is 6.54. The minimum absolute atomic E-state index is 0.0267. The average molecular weight is 369 g/mol. The molecule has 1 atom stereocenters. The van der Waals surface area contributed by atoms with Crippen LogP contribution in [0.4, 0.5) is 18.9 Å². The van der Waals surface area contributed by atoms with Crippen molar-refractivity contribution < 1.29 is 27.6 Å². The van der Waals surface area contributed by atoms with Crippen molar-refractivity contribution >= 4 is 23.4 Å². The van der Waals surface area contributed by atoms with Gasteiger partial charge in [0.2, 0.25) is 11.8 Å². The van der Waals surface area contributed by atoms with Crippen LogP contribution in [0.5, 0.6) is 0 Å². The molecule has 0 aliphatic carbocycles. The van der Waals surface area contributed by atoms with E-state index in [-0.39, 0.29) is 23.9 Å². The minimum atomic E-state index is -4.48. The summed E-state index contributed by atoms with van der Waals surface area (Å²) in [5.41, 5.74) is 4.57. The van der Waals surface area contributed by atoms with Gasteiger partial charge in [0.25, 0.3) is 5.91 Å². The van der Waals surface area contributed by atoms with Crippen molar-refractivity contribution in [3.63, 3.8) is 0 Å². The number of hydrogen-bond acceptors (Lipinski definition) is 4. The van der Waals surface area contributed by atoms with E-state index in [0.717, 1.165) is 29.2 Å². The lowest BCUT2D eigenvalue weighted by molar-refractivity contribution is -0.137. The van der Waals surface area contributed by atoms with Gasteiger partial charge < -0.3 is 5.73 Å². The molecule has 2 heterocycles. The van der Waals surface area contributed by atoms with Crippen LogP contribution in [-0.2, 0) is 20.6 Å². The van der Waals surface area contributed by atoms with Crippen molar-refractivity contribution in [2.75, 3.05) is 18.0 Å². The molecular formula is C17H18F3N3O3. The molecule has 6 nitrogen and oxygen atoms in total. The van der Waals surface area contributed by atoms with Crippen molar-refractivity contribution in [3.05, 3.63) is 29.8 Å². The molecule has 3 amide bonds. The highest BCUT2D eigenvalue weighted by atomic mass is 19.4. The fourth-order valence-electron chi connectivity index (χ4n) is 3.47. The van der Waals surface area contributed by atoms with Gasteiger partial charge in [0.15, 0.2) is 0 Å². The Morgan fingerprint density at radius 2 is 1.65 bits per heavy atom. The molecule has 0 radical (unpaired) electrons. The van der Waals surface area contributed by atoms with Crippen molar-refractivity contribution in [1.82, 2.24) is 4.90 Å². The van der Waals surface area contributed by atoms with Crippen molar-refractivity contribution in [2.45, 2.75) is 31.5 Å². The summed E-state index contributed by atoms with van der Waals surface area (Å²) < 4.78 is 38.0. The number of alkyl halides is 3. The number of anilines is 1. The van der Waals surface area contributed by atoms with Gasteiger partial charge in [-0.05, 0) is 50.2 Å². The number of carbonyl (C=O) groups is 3. The molecule has 2 aliphatic rings. The SMILES string of the molecule is NC(=O)C1CCN(C2CC(=O)N(c3ccc(C(F)(F)F)cc3)C2=O)CC1. The normalized spacial score (nSPS) is 22.9. The van der Waals surface area contributed by atoms with Gasteiger partial charge in [-0.2, -0.15) is 13.2 Å². The highest BCUT2D eigenvalue weighted by Crippen LogP contribution is 2.33. The lowest BCUT2D eigenvalue weighted by Gasteiger charge is -2.33. The molecule has 1 aromatic rings. The number of nitrogens with two attached hydrogens (primary N) is 1. The van der Waals surface area contributed by atoms with Gasteiger partial charge in [-0.3, -0.25) is 19.3 Å². The Labute approximate surface area is 147 Å². The number of carbonyl (C=O) groups excluding carboxylic acids is 3. The largest absolute Gasteiger partial charge is 0.416 e. The Morgan fingerprint density at radius 3 is 2.15 bits per heavy atom. The maximum Gasteiger partial charge on any atom is 0.416 e. The smallest absolute Gasteiger partial charge is 0.369 e. The zero-order valence-corrected chi connectivity index (χ0v) is 13.8. The number of primary amides is 1. The number of imide groups is 1. The molecule has 2 N–H and O–H groups in total. The van der Waals surface area contributed by atoms with Crippen LogP contribution in [0, 0.1) is 5.92 Å². The topological polar surface area (TPSA) is 83.7 Å². The molecule has 26 heavy (non-hydrogen) atoms. The Hall–Kier alpha value is -2.42. The van der Waals surface area contributed by atoms with E-state index in [1.165, 1.54) is 0 Å². The monoisotopic (exact) mass is 369 g/mol. The standard InChI is InChI=1S/C17H18F3N3O3/c18-17(19,20)11-1-3-12(4-2-11)23-14(24)9-13(16(23)26)22-7-5-10(6-8-22)15(21)25/h1-4,10,13H,5-9H2,(H2,21,25). The van der Waals surface area contributed by atoms with Crippen LogP contribution in [0.15, 0.2) is 24.3 Å². The number of halogens is 3. The van der Waals surface area contributed by atoms with Gasteiger partial charge in [0, 0.05) is 5.92 Å². The molecule has 0 aromatic heterocycles. The summed E-state index contributed by atoms with van der Waals surface area (Å²) in [7, 11) is 0. The second-order valence-electron chi connectivity index (χ2n) is 6.54. The molecule has 2 fully saturated rings. The number of rotatable bonds is 3. The summed E-state index contributed by atoms with van der Waals surface area (Å²) in [5, 5.41) is 0. The number of piperidine rings is 1. The van der Waals surface area contributed by atoms with Gasteiger partial charge in [-0.15, -0.1) is 0 Å². The fourth-order valence-corrected chi connectivity index (χ4v) is 3.47. The quantitative estimate of drug-likeness (QED) is 0.819. The molecule has 0 bridgehead atoms. The second kappa shape index (κ2) is 6.71. The number of likely N-dealkylation sites (tertiary alicyclic amines) is 1. The minimum Gasteiger partial charge on any atom is -0.369 e.